The summed E-state index contributed by atoms with van der Waals surface area (Å²) >= 11 is 3.55. The fraction of sp³-hybridized carbons (Fsp3) is 0.684. The summed E-state index contributed by atoms with van der Waals surface area (Å²) in [6, 6.07) is 0. The molecule has 146 valence electrons. The number of aryl methyl sites for hydroxylation is 1. The van der Waals surface area contributed by atoms with Crippen molar-refractivity contribution in [3.63, 3.8) is 0 Å². The lowest BCUT2D eigenvalue weighted by atomic mass is 9.82. The van der Waals surface area contributed by atoms with E-state index in [9.17, 15) is 9.90 Å². The predicted molar refractivity (Wildman–Crippen MR) is 108 cm³/mol. The minimum atomic E-state index is -1.11. The zero-order valence-corrected chi connectivity index (χ0v) is 18.1. The van der Waals surface area contributed by atoms with Gasteiger partial charge in [0.25, 0.3) is 0 Å². The molecule has 1 atom stereocenters. The number of carboxylic acids is 1. The number of hydrogen-bond donors (Lipinski definition) is 2. The van der Waals surface area contributed by atoms with Crippen LogP contribution >= 0.6 is 15.9 Å². The van der Waals surface area contributed by atoms with Gasteiger partial charge in [-0.05, 0) is 61.9 Å². The highest BCUT2D eigenvalue weighted by molar-refractivity contribution is 9.10. The number of aliphatic carboxylic acids is 1. The molecule has 7 heteroatoms. The Balaban J connectivity index is 2.58. The number of pyridine rings is 1. The van der Waals surface area contributed by atoms with Crippen molar-refractivity contribution in [2.45, 2.75) is 66.1 Å². The molecule has 1 aliphatic rings. The van der Waals surface area contributed by atoms with Crippen molar-refractivity contribution in [2.75, 3.05) is 23.7 Å². The molecule has 1 aliphatic heterocycles. The average molecular weight is 428 g/mol. The molecule has 0 bridgehead atoms. The van der Waals surface area contributed by atoms with Crippen LogP contribution in [-0.4, -0.2) is 34.8 Å². The first kappa shape index (κ1) is 21.0. The number of piperidine rings is 1. The topological polar surface area (TPSA) is 88.7 Å². The van der Waals surface area contributed by atoms with Crippen molar-refractivity contribution in [3.05, 3.63) is 15.7 Å². The Morgan fingerprint density at radius 1 is 1.35 bits per heavy atom. The molecular weight excluding hydrogens is 398 g/mol. The summed E-state index contributed by atoms with van der Waals surface area (Å²) in [4.78, 5) is 18.6. The van der Waals surface area contributed by atoms with Crippen LogP contribution in [0.3, 0.4) is 0 Å². The molecule has 1 fully saturated rings. The Hall–Kier alpha value is -1.34. The Bertz CT molecular complexity index is 688. The molecule has 6 nitrogen and oxygen atoms in total. The third-order valence-electron chi connectivity index (χ3n) is 4.76. The molecule has 1 aromatic rings. The molecule has 2 heterocycles. The first-order chi connectivity index (χ1) is 11.8. The zero-order chi connectivity index (χ0) is 19.9. The Labute approximate surface area is 164 Å². The van der Waals surface area contributed by atoms with Crippen LogP contribution in [-0.2, 0) is 9.53 Å². The van der Waals surface area contributed by atoms with Gasteiger partial charge in [-0.25, -0.2) is 9.78 Å². The number of anilines is 2. The molecule has 0 saturated carbocycles. The van der Waals surface area contributed by atoms with Gasteiger partial charge in [0.2, 0.25) is 0 Å². The highest BCUT2D eigenvalue weighted by Gasteiger charge is 2.35. The van der Waals surface area contributed by atoms with E-state index in [1.165, 1.54) is 0 Å². The van der Waals surface area contributed by atoms with E-state index >= 15 is 0 Å². The molecule has 0 spiro atoms. The van der Waals surface area contributed by atoms with Crippen LogP contribution in [0.2, 0.25) is 0 Å². The second-order valence-electron chi connectivity index (χ2n) is 8.76. The van der Waals surface area contributed by atoms with Crippen molar-refractivity contribution in [3.8, 4) is 0 Å². The fourth-order valence-electron chi connectivity index (χ4n) is 3.25. The quantitative estimate of drug-likeness (QED) is 0.744. The van der Waals surface area contributed by atoms with E-state index in [0.29, 0.717) is 21.5 Å². The number of carbonyl (C=O) groups is 1. The molecule has 0 aromatic carbocycles. The number of nitrogens with two attached hydrogens (primary N) is 1. The molecule has 0 unspecified atom stereocenters. The minimum absolute atomic E-state index is 0.283. The maximum Gasteiger partial charge on any atom is 0.337 e. The van der Waals surface area contributed by atoms with E-state index < -0.39 is 17.7 Å². The summed E-state index contributed by atoms with van der Waals surface area (Å²) < 4.78 is 6.55. The monoisotopic (exact) mass is 427 g/mol. The molecule has 1 aromatic heterocycles. The molecule has 0 radical (unpaired) electrons. The summed E-state index contributed by atoms with van der Waals surface area (Å²) in [6.07, 6.45) is 0.945. The molecule has 0 amide bonds. The summed E-state index contributed by atoms with van der Waals surface area (Å²) in [7, 11) is 0. The molecule has 26 heavy (non-hydrogen) atoms. The van der Waals surface area contributed by atoms with E-state index in [1.807, 2.05) is 20.8 Å². The van der Waals surface area contributed by atoms with Crippen molar-refractivity contribution in [1.29, 1.82) is 0 Å². The van der Waals surface area contributed by atoms with Crippen LogP contribution < -0.4 is 10.6 Å². The molecule has 0 aliphatic carbocycles. The summed E-state index contributed by atoms with van der Waals surface area (Å²) in [5.74, 6) is -0.661. The molecule has 1 saturated heterocycles. The fourth-order valence-corrected chi connectivity index (χ4v) is 3.80. The maximum absolute atomic E-state index is 12.0. The van der Waals surface area contributed by atoms with E-state index in [1.54, 1.807) is 6.92 Å². The molecular formula is C19H30BrN3O3. The number of ether oxygens (including phenoxy) is 1. The normalized spacial score (nSPS) is 18.7. The third kappa shape index (κ3) is 4.68. The Morgan fingerprint density at radius 2 is 1.88 bits per heavy atom. The van der Waals surface area contributed by atoms with Gasteiger partial charge in [0.15, 0.2) is 6.10 Å². The second kappa shape index (κ2) is 7.35. The first-order valence-electron chi connectivity index (χ1n) is 8.93. The lowest BCUT2D eigenvalue weighted by Crippen LogP contribution is -2.39. The van der Waals surface area contributed by atoms with Crippen molar-refractivity contribution < 1.29 is 14.6 Å². The highest BCUT2D eigenvalue weighted by Crippen LogP contribution is 2.43. The first-order valence-corrected chi connectivity index (χ1v) is 9.73. The van der Waals surface area contributed by atoms with Crippen molar-refractivity contribution >= 4 is 33.4 Å². The van der Waals surface area contributed by atoms with Gasteiger partial charge in [-0.15, -0.1) is 0 Å². The van der Waals surface area contributed by atoms with Gasteiger partial charge < -0.3 is 20.5 Å². The van der Waals surface area contributed by atoms with Gasteiger partial charge in [-0.3, -0.25) is 0 Å². The highest BCUT2D eigenvalue weighted by atomic mass is 79.9. The Kier molecular flexibility index (Phi) is 5.93. The third-order valence-corrected chi connectivity index (χ3v) is 5.54. The standard InChI is InChI=1S/C19H30BrN3O3/c1-11-12(15(17(24)25)26-18(2,3)4)14(13(20)16(21)22-11)23-9-7-19(5,6)8-10-23/h15H,7-10H2,1-6H3,(H2,21,22)(H,24,25)/t15-/m0/s1. The Morgan fingerprint density at radius 3 is 2.35 bits per heavy atom. The number of carboxylic acid groups (broad SMARTS) is 1. The summed E-state index contributed by atoms with van der Waals surface area (Å²) in [5, 5.41) is 9.86. The van der Waals surface area contributed by atoms with Gasteiger partial charge in [-0.2, -0.15) is 0 Å². The SMILES string of the molecule is Cc1nc(N)c(Br)c(N2CCC(C)(C)CC2)c1[C@H](OC(C)(C)C)C(=O)O. The maximum atomic E-state index is 12.0. The smallest absolute Gasteiger partial charge is 0.337 e. The lowest BCUT2D eigenvalue weighted by molar-refractivity contribution is -0.160. The minimum Gasteiger partial charge on any atom is -0.479 e. The van der Waals surface area contributed by atoms with Crippen LogP contribution in [0, 0.1) is 12.3 Å². The summed E-state index contributed by atoms with van der Waals surface area (Å²) in [6.45, 7) is 13.5. The van der Waals surface area contributed by atoms with Crippen molar-refractivity contribution in [1.82, 2.24) is 4.98 Å². The number of halogens is 1. The van der Waals surface area contributed by atoms with Crippen LogP contribution in [0.5, 0.6) is 0 Å². The van der Waals surface area contributed by atoms with E-state index in [-0.39, 0.29) is 5.41 Å². The van der Waals surface area contributed by atoms with Crippen LogP contribution in [0.1, 0.15) is 64.8 Å². The van der Waals surface area contributed by atoms with Crippen LogP contribution in [0.25, 0.3) is 0 Å². The van der Waals surface area contributed by atoms with Gasteiger partial charge >= 0.3 is 5.97 Å². The van der Waals surface area contributed by atoms with E-state index in [0.717, 1.165) is 31.6 Å². The molecule has 3 N–H and O–H groups in total. The van der Waals surface area contributed by atoms with Crippen molar-refractivity contribution in [2.24, 2.45) is 5.41 Å². The number of rotatable bonds is 4. The van der Waals surface area contributed by atoms with Gasteiger partial charge in [0, 0.05) is 24.3 Å². The van der Waals surface area contributed by atoms with Gasteiger partial charge in [-0.1, -0.05) is 13.8 Å². The average Bonchev–Trinajstić information content (AvgIpc) is 2.48. The number of aromatic nitrogens is 1. The lowest BCUT2D eigenvalue weighted by Gasteiger charge is -2.40. The number of nitrogens with zero attached hydrogens (tertiary/aromatic N) is 2. The number of nitrogen functional groups attached to an aromatic ring is 1. The largest absolute Gasteiger partial charge is 0.479 e. The molecule has 2 rings (SSSR count). The summed E-state index contributed by atoms with van der Waals surface area (Å²) in [5.41, 5.74) is 7.71. The van der Waals surface area contributed by atoms with Gasteiger partial charge in [0.05, 0.1) is 15.8 Å². The number of hydrogen-bond acceptors (Lipinski definition) is 5. The van der Waals surface area contributed by atoms with E-state index in [4.69, 9.17) is 10.5 Å². The zero-order valence-electron chi connectivity index (χ0n) is 16.5. The van der Waals surface area contributed by atoms with E-state index in [2.05, 4.69) is 39.7 Å². The van der Waals surface area contributed by atoms with Crippen LogP contribution in [0.4, 0.5) is 11.5 Å². The second-order valence-corrected chi connectivity index (χ2v) is 9.55. The van der Waals surface area contributed by atoms with Crippen LogP contribution in [0.15, 0.2) is 4.47 Å². The predicted octanol–water partition coefficient (Wildman–Crippen LogP) is 4.30. The van der Waals surface area contributed by atoms with Gasteiger partial charge in [0.1, 0.15) is 5.82 Å².